The minimum atomic E-state index is 0. The molecule has 1 saturated carbocycles. The second-order valence-corrected chi connectivity index (χ2v) is 9.34. The van der Waals surface area contributed by atoms with Crippen LogP contribution in [0.2, 0.25) is 0 Å². The van der Waals surface area contributed by atoms with Crippen LogP contribution in [0.1, 0.15) is 51.9 Å². The van der Waals surface area contributed by atoms with Crippen LogP contribution in [0.4, 0.5) is 0 Å². The molecule has 2 aliphatic heterocycles. The van der Waals surface area contributed by atoms with Crippen molar-refractivity contribution in [1.82, 2.24) is 15.5 Å². The number of thioether (sulfide) groups is 1. The van der Waals surface area contributed by atoms with E-state index in [1.54, 1.807) is 0 Å². The summed E-state index contributed by atoms with van der Waals surface area (Å²) in [5, 5.41) is 6.93. The number of morpholine rings is 1. The lowest BCUT2D eigenvalue weighted by molar-refractivity contribution is -0.0104. The van der Waals surface area contributed by atoms with Gasteiger partial charge in [-0.05, 0) is 38.4 Å². The third-order valence-electron chi connectivity index (χ3n) is 6.16. The van der Waals surface area contributed by atoms with Gasteiger partial charge in [-0.25, -0.2) is 0 Å². The molecule has 170 valence electrons. The quantitative estimate of drug-likeness (QED) is 0.203. The van der Waals surface area contributed by atoms with Crippen molar-refractivity contribution in [2.24, 2.45) is 4.99 Å². The highest BCUT2D eigenvalue weighted by Gasteiger charge is 2.40. The first-order valence-electron chi connectivity index (χ1n) is 11.4. The Kier molecular flexibility index (Phi) is 12.6. The molecule has 3 rings (SSSR count). The maximum atomic E-state index is 6.04. The number of ether oxygens (including phenoxy) is 2. The van der Waals surface area contributed by atoms with Gasteiger partial charge in [0, 0.05) is 38.5 Å². The summed E-state index contributed by atoms with van der Waals surface area (Å²) in [5.41, 5.74) is 0.209. The fraction of sp³-hybridized carbons (Fsp3) is 0.952. The van der Waals surface area contributed by atoms with Gasteiger partial charge >= 0.3 is 0 Å². The van der Waals surface area contributed by atoms with Crippen molar-refractivity contribution in [1.29, 1.82) is 0 Å². The SMILES string of the molecule is CCNC(=NCC1(N2CCOCC2)CCSC1)NCCCOC1CCCCC1.I. The van der Waals surface area contributed by atoms with Crippen molar-refractivity contribution in [2.45, 2.75) is 63.5 Å². The zero-order valence-corrected chi connectivity index (χ0v) is 21.3. The van der Waals surface area contributed by atoms with Crippen LogP contribution < -0.4 is 10.6 Å². The van der Waals surface area contributed by atoms with Gasteiger partial charge in [0.1, 0.15) is 0 Å². The van der Waals surface area contributed by atoms with Crippen molar-refractivity contribution in [3.63, 3.8) is 0 Å². The molecular formula is C21H41IN4O2S. The summed E-state index contributed by atoms with van der Waals surface area (Å²) in [6.07, 6.45) is 9.32. The monoisotopic (exact) mass is 540 g/mol. The molecule has 2 heterocycles. The van der Waals surface area contributed by atoms with Gasteiger partial charge < -0.3 is 20.1 Å². The van der Waals surface area contributed by atoms with Gasteiger partial charge in [-0.1, -0.05) is 19.3 Å². The van der Waals surface area contributed by atoms with E-state index in [2.05, 4.69) is 34.2 Å². The largest absolute Gasteiger partial charge is 0.379 e. The standard InChI is InChI=1S/C21H40N4O2S.HI/c1-2-22-20(23-10-6-13-27-19-7-4-3-5-8-19)24-17-21(9-16-28-18-21)25-11-14-26-15-12-25;/h19H,2-18H2,1H3,(H2,22,23,24);1H. The van der Waals surface area contributed by atoms with Crippen LogP contribution in [0.3, 0.4) is 0 Å². The van der Waals surface area contributed by atoms with Crippen LogP contribution in [0.15, 0.2) is 4.99 Å². The highest BCUT2D eigenvalue weighted by atomic mass is 127. The Morgan fingerprint density at radius 1 is 1.21 bits per heavy atom. The molecule has 1 atom stereocenters. The first kappa shape index (κ1) is 25.5. The predicted molar refractivity (Wildman–Crippen MR) is 134 cm³/mol. The van der Waals surface area contributed by atoms with Crippen LogP contribution in [0, 0.1) is 0 Å². The number of nitrogens with zero attached hydrogens (tertiary/aromatic N) is 2. The van der Waals surface area contributed by atoms with Crippen molar-refractivity contribution >= 4 is 41.7 Å². The zero-order chi connectivity index (χ0) is 19.5. The smallest absolute Gasteiger partial charge is 0.191 e. The van der Waals surface area contributed by atoms with Gasteiger partial charge in [0.2, 0.25) is 0 Å². The number of halogens is 1. The third kappa shape index (κ3) is 8.35. The van der Waals surface area contributed by atoms with Gasteiger partial charge in [0.15, 0.2) is 5.96 Å². The van der Waals surface area contributed by atoms with E-state index in [0.29, 0.717) is 6.10 Å². The third-order valence-corrected chi connectivity index (χ3v) is 7.39. The Balaban J connectivity index is 0.00000300. The van der Waals surface area contributed by atoms with E-state index in [-0.39, 0.29) is 29.5 Å². The molecule has 0 radical (unpaired) electrons. The van der Waals surface area contributed by atoms with E-state index in [1.807, 2.05) is 0 Å². The van der Waals surface area contributed by atoms with E-state index in [1.165, 1.54) is 50.0 Å². The lowest BCUT2D eigenvalue weighted by atomic mass is 9.96. The van der Waals surface area contributed by atoms with Gasteiger partial charge in [-0.2, -0.15) is 11.8 Å². The summed E-state index contributed by atoms with van der Waals surface area (Å²) in [4.78, 5) is 7.61. The molecule has 0 amide bonds. The molecular weight excluding hydrogens is 499 g/mol. The normalized spacial score (nSPS) is 26.9. The Morgan fingerprint density at radius 3 is 2.69 bits per heavy atom. The van der Waals surface area contributed by atoms with Crippen molar-refractivity contribution in [2.75, 3.05) is 64.1 Å². The first-order valence-corrected chi connectivity index (χ1v) is 12.5. The van der Waals surface area contributed by atoms with Gasteiger partial charge in [0.25, 0.3) is 0 Å². The van der Waals surface area contributed by atoms with Crippen LogP contribution >= 0.6 is 35.7 Å². The minimum Gasteiger partial charge on any atom is -0.379 e. The van der Waals surface area contributed by atoms with Gasteiger partial charge in [-0.3, -0.25) is 9.89 Å². The zero-order valence-electron chi connectivity index (χ0n) is 18.1. The topological polar surface area (TPSA) is 58.1 Å². The molecule has 0 aromatic carbocycles. The molecule has 1 aliphatic carbocycles. The molecule has 0 aromatic heterocycles. The summed E-state index contributed by atoms with van der Waals surface area (Å²) in [6.45, 7) is 9.45. The fourth-order valence-electron chi connectivity index (χ4n) is 4.44. The van der Waals surface area contributed by atoms with Crippen molar-refractivity contribution in [3.05, 3.63) is 0 Å². The second-order valence-electron chi connectivity index (χ2n) is 8.23. The maximum Gasteiger partial charge on any atom is 0.191 e. The van der Waals surface area contributed by atoms with Crippen molar-refractivity contribution < 1.29 is 9.47 Å². The molecule has 0 bridgehead atoms. The second kappa shape index (κ2) is 14.3. The van der Waals surface area contributed by atoms with E-state index >= 15 is 0 Å². The number of aliphatic imine (C=N–C) groups is 1. The number of hydrogen-bond donors (Lipinski definition) is 2. The Hall–Kier alpha value is 0.230. The number of rotatable bonds is 9. The van der Waals surface area contributed by atoms with Crippen LogP contribution in [-0.4, -0.2) is 86.6 Å². The average Bonchev–Trinajstić information content (AvgIpc) is 3.23. The van der Waals surface area contributed by atoms with Crippen LogP contribution in [0.5, 0.6) is 0 Å². The van der Waals surface area contributed by atoms with E-state index < -0.39 is 0 Å². The summed E-state index contributed by atoms with van der Waals surface area (Å²) in [6, 6.07) is 0. The number of hydrogen-bond acceptors (Lipinski definition) is 5. The van der Waals surface area contributed by atoms with Crippen LogP contribution in [0.25, 0.3) is 0 Å². The summed E-state index contributed by atoms with van der Waals surface area (Å²) >= 11 is 2.07. The molecule has 0 aromatic rings. The molecule has 6 nitrogen and oxygen atoms in total. The Labute approximate surface area is 198 Å². The molecule has 2 saturated heterocycles. The van der Waals surface area contributed by atoms with E-state index in [4.69, 9.17) is 14.5 Å². The molecule has 2 N–H and O–H groups in total. The molecule has 8 heteroatoms. The molecule has 3 fully saturated rings. The Morgan fingerprint density at radius 2 is 2.00 bits per heavy atom. The van der Waals surface area contributed by atoms with E-state index in [0.717, 1.165) is 64.9 Å². The van der Waals surface area contributed by atoms with Crippen molar-refractivity contribution in [3.8, 4) is 0 Å². The summed E-state index contributed by atoms with van der Waals surface area (Å²) < 4.78 is 11.6. The lowest BCUT2D eigenvalue weighted by Gasteiger charge is -2.42. The number of guanidine groups is 1. The first-order chi connectivity index (χ1) is 13.8. The molecule has 0 spiro atoms. The molecule has 1 unspecified atom stereocenters. The minimum absolute atomic E-state index is 0. The van der Waals surface area contributed by atoms with E-state index in [9.17, 15) is 0 Å². The lowest BCUT2D eigenvalue weighted by Crippen LogP contribution is -2.56. The average molecular weight is 541 g/mol. The van der Waals surface area contributed by atoms with Gasteiger partial charge in [-0.15, -0.1) is 24.0 Å². The molecule has 3 aliphatic rings. The summed E-state index contributed by atoms with van der Waals surface area (Å²) in [7, 11) is 0. The highest BCUT2D eigenvalue weighted by molar-refractivity contribution is 14.0. The number of nitrogens with one attached hydrogen (secondary N) is 2. The predicted octanol–water partition coefficient (Wildman–Crippen LogP) is 3.11. The molecule has 29 heavy (non-hydrogen) atoms. The Bertz CT molecular complexity index is 466. The maximum absolute atomic E-state index is 6.04. The fourth-order valence-corrected chi connectivity index (χ4v) is 5.90. The summed E-state index contributed by atoms with van der Waals surface area (Å²) in [5.74, 6) is 3.38. The van der Waals surface area contributed by atoms with Gasteiger partial charge in [0.05, 0.1) is 31.4 Å². The highest BCUT2D eigenvalue weighted by Crippen LogP contribution is 2.34. The van der Waals surface area contributed by atoms with Crippen LogP contribution in [-0.2, 0) is 9.47 Å².